The average Bonchev–Trinajstić information content (AvgIpc) is 3.50. The van der Waals surface area contributed by atoms with E-state index in [2.05, 4.69) is 15.6 Å². The first-order valence-electron chi connectivity index (χ1n) is 10.3. The third-order valence-electron chi connectivity index (χ3n) is 6.38. The van der Waals surface area contributed by atoms with Gasteiger partial charge in [-0.2, -0.15) is 0 Å². The fraction of sp³-hybridized carbons (Fsp3) is 0.304. The molecule has 8 heteroatoms. The van der Waals surface area contributed by atoms with Gasteiger partial charge in [0.25, 0.3) is 11.8 Å². The van der Waals surface area contributed by atoms with Crippen LogP contribution in [0.5, 0.6) is 0 Å². The fourth-order valence-electron chi connectivity index (χ4n) is 4.74. The normalized spacial score (nSPS) is 23.0. The molecule has 2 fully saturated rings. The smallest absolute Gasteiger partial charge is 0.324 e. The Labute approximate surface area is 178 Å². The van der Waals surface area contributed by atoms with Gasteiger partial charge in [0, 0.05) is 24.9 Å². The molecule has 5 rings (SSSR count). The zero-order chi connectivity index (χ0) is 21.6. The Hall–Kier alpha value is -3.68. The lowest BCUT2D eigenvalue weighted by atomic mass is 9.86. The Morgan fingerprint density at radius 2 is 2.13 bits per heavy atom. The van der Waals surface area contributed by atoms with Crippen LogP contribution in [0.1, 0.15) is 29.6 Å². The van der Waals surface area contributed by atoms with Crippen LogP contribution >= 0.6 is 0 Å². The maximum atomic E-state index is 13.2. The highest BCUT2D eigenvalue weighted by atomic mass is 16.3. The molecule has 158 valence electrons. The lowest BCUT2D eigenvalue weighted by Crippen LogP contribution is -2.53. The molecule has 0 bridgehead atoms. The molecular weight excluding hydrogens is 396 g/mol. The molecule has 2 unspecified atom stereocenters. The van der Waals surface area contributed by atoms with Gasteiger partial charge in [0.2, 0.25) is 0 Å². The van der Waals surface area contributed by atoms with E-state index < -0.39 is 5.54 Å². The number of para-hydroxylation sites is 1. The molecular formula is C23H22N4O4. The topological polar surface area (TPSA) is 105 Å². The van der Waals surface area contributed by atoms with Gasteiger partial charge < -0.3 is 15.1 Å². The molecule has 3 aromatic rings. The first kappa shape index (κ1) is 19.3. The molecule has 4 amide bonds. The van der Waals surface area contributed by atoms with Gasteiger partial charge in [0.15, 0.2) is 5.76 Å². The molecule has 1 spiro atoms. The summed E-state index contributed by atoms with van der Waals surface area (Å²) in [7, 11) is 1.49. The molecule has 3 heterocycles. The second-order valence-electron chi connectivity index (χ2n) is 8.11. The van der Waals surface area contributed by atoms with Crippen LogP contribution in [-0.2, 0) is 4.79 Å². The number of pyridine rings is 1. The molecule has 1 aromatic carbocycles. The van der Waals surface area contributed by atoms with E-state index in [0.29, 0.717) is 35.5 Å². The number of urea groups is 1. The summed E-state index contributed by atoms with van der Waals surface area (Å²) in [5, 5.41) is 6.59. The number of nitrogens with one attached hydrogen (secondary N) is 2. The molecule has 2 N–H and O–H groups in total. The number of nitrogens with zero attached hydrogens (tertiary/aromatic N) is 2. The lowest BCUT2D eigenvalue weighted by Gasteiger charge is -2.28. The second kappa shape index (κ2) is 7.23. The summed E-state index contributed by atoms with van der Waals surface area (Å²) >= 11 is 0. The quantitative estimate of drug-likeness (QED) is 0.634. The monoisotopic (exact) mass is 418 g/mol. The Morgan fingerprint density at radius 3 is 2.87 bits per heavy atom. The number of fused-ring (bicyclic) bond motifs is 1. The number of hydrogen-bond acceptors (Lipinski definition) is 5. The molecule has 2 aliphatic rings. The Morgan fingerprint density at radius 1 is 1.29 bits per heavy atom. The van der Waals surface area contributed by atoms with Gasteiger partial charge in [-0.3, -0.25) is 14.5 Å². The third-order valence-corrected chi connectivity index (χ3v) is 6.38. The second-order valence-corrected chi connectivity index (χ2v) is 8.11. The van der Waals surface area contributed by atoms with Crippen molar-refractivity contribution in [3.8, 4) is 11.5 Å². The van der Waals surface area contributed by atoms with Gasteiger partial charge in [-0.05, 0) is 37.1 Å². The number of rotatable bonds is 4. The van der Waals surface area contributed by atoms with Gasteiger partial charge in [-0.15, -0.1) is 0 Å². The molecule has 1 saturated carbocycles. The van der Waals surface area contributed by atoms with Crippen molar-refractivity contribution in [2.75, 3.05) is 13.6 Å². The van der Waals surface area contributed by atoms with E-state index in [0.717, 1.165) is 23.1 Å². The Balaban J connectivity index is 1.42. The van der Waals surface area contributed by atoms with Gasteiger partial charge in [-0.1, -0.05) is 24.6 Å². The number of benzene rings is 1. The summed E-state index contributed by atoms with van der Waals surface area (Å²) < 4.78 is 5.46. The Bertz CT molecular complexity index is 1190. The van der Waals surface area contributed by atoms with Crippen molar-refractivity contribution >= 4 is 28.7 Å². The minimum atomic E-state index is -0.918. The van der Waals surface area contributed by atoms with Crippen LogP contribution in [0, 0.1) is 5.92 Å². The van der Waals surface area contributed by atoms with Crippen LogP contribution in [0.25, 0.3) is 22.4 Å². The summed E-state index contributed by atoms with van der Waals surface area (Å²) in [6.07, 6.45) is 3.73. The standard InChI is InChI=1S/C23H22N4O4/c1-27-21(29)23(26-22(27)30)10-4-6-14(23)13-24-20(28)16-12-18(19-9-5-11-31-19)25-17-8-3-2-7-15(16)17/h2-3,5,7-9,11-12,14H,4,6,10,13H2,1H3,(H,24,28)(H,26,30). The summed E-state index contributed by atoms with van der Waals surface area (Å²) in [5.41, 5.74) is 0.839. The van der Waals surface area contributed by atoms with E-state index in [4.69, 9.17) is 4.42 Å². The molecule has 2 atom stereocenters. The third kappa shape index (κ3) is 3.06. The van der Waals surface area contributed by atoms with E-state index in [1.54, 1.807) is 24.5 Å². The summed E-state index contributed by atoms with van der Waals surface area (Å²) in [4.78, 5) is 43.7. The van der Waals surface area contributed by atoms with Crippen molar-refractivity contribution in [2.24, 2.45) is 5.92 Å². The fourth-order valence-corrected chi connectivity index (χ4v) is 4.74. The number of hydrogen-bond donors (Lipinski definition) is 2. The van der Waals surface area contributed by atoms with E-state index in [9.17, 15) is 14.4 Å². The van der Waals surface area contributed by atoms with Gasteiger partial charge >= 0.3 is 6.03 Å². The van der Waals surface area contributed by atoms with Crippen LogP contribution < -0.4 is 10.6 Å². The zero-order valence-electron chi connectivity index (χ0n) is 17.1. The van der Waals surface area contributed by atoms with Crippen molar-refractivity contribution in [2.45, 2.75) is 24.8 Å². The number of likely N-dealkylation sites (N-methyl/N-ethyl adjacent to an activating group) is 1. The maximum Gasteiger partial charge on any atom is 0.324 e. The minimum Gasteiger partial charge on any atom is -0.463 e. The van der Waals surface area contributed by atoms with Crippen molar-refractivity contribution in [1.29, 1.82) is 0 Å². The van der Waals surface area contributed by atoms with E-state index >= 15 is 0 Å². The predicted octanol–water partition coefficient (Wildman–Crippen LogP) is 2.95. The van der Waals surface area contributed by atoms with Crippen molar-refractivity contribution in [3.05, 3.63) is 54.3 Å². The number of furan rings is 1. The van der Waals surface area contributed by atoms with E-state index in [-0.39, 0.29) is 23.8 Å². The van der Waals surface area contributed by atoms with Gasteiger partial charge in [-0.25, -0.2) is 9.78 Å². The van der Waals surface area contributed by atoms with Crippen molar-refractivity contribution in [1.82, 2.24) is 20.5 Å². The highest BCUT2D eigenvalue weighted by molar-refractivity contribution is 6.08. The first-order chi connectivity index (χ1) is 15.0. The summed E-state index contributed by atoms with van der Waals surface area (Å²) in [6, 6.07) is 12.4. The van der Waals surface area contributed by atoms with Crippen molar-refractivity contribution in [3.63, 3.8) is 0 Å². The highest BCUT2D eigenvalue weighted by Crippen LogP contribution is 2.39. The number of aromatic nitrogens is 1. The average molecular weight is 418 g/mol. The number of carbonyl (C=O) groups is 3. The maximum absolute atomic E-state index is 13.2. The van der Waals surface area contributed by atoms with E-state index in [1.165, 1.54) is 7.05 Å². The van der Waals surface area contributed by atoms with Crippen LogP contribution in [0.4, 0.5) is 4.79 Å². The summed E-state index contributed by atoms with van der Waals surface area (Å²) in [6.45, 7) is 0.297. The first-order valence-corrected chi connectivity index (χ1v) is 10.3. The SMILES string of the molecule is CN1C(=O)NC2(CCCC2CNC(=O)c2cc(-c3ccco3)nc3ccccc23)C1=O. The molecule has 2 aromatic heterocycles. The molecule has 1 saturated heterocycles. The predicted molar refractivity (Wildman–Crippen MR) is 113 cm³/mol. The number of imide groups is 1. The van der Waals surface area contributed by atoms with Crippen LogP contribution in [0.2, 0.25) is 0 Å². The minimum absolute atomic E-state index is 0.157. The van der Waals surface area contributed by atoms with Crippen LogP contribution in [0.15, 0.2) is 53.1 Å². The number of amides is 4. The van der Waals surface area contributed by atoms with Crippen LogP contribution in [0.3, 0.4) is 0 Å². The molecule has 1 aliphatic carbocycles. The van der Waals surface area contributed by atoms with Gasteiger partial charge in [0.05, 0.1) is 17.3 Å². The molecule has 1 aliphatic heterocycles. The zero-order valence-corrected chi connectivity index (χ0v) is 17.1. The summed E-state index contributed by atoms with van der Waals surface area (Å²) in [5.74, 6) is -0.0466. The highest BCUT2D eigenvalue weighted by Gasteiger charge is 2.56. The van der Waals surface area contributed by atoms with Gasteiger partial charge in [0.1, 0.15) is 11.2 Å². The largest absolute Gasteiger partial charge is 0.463 e. The lowest BCUT2D eigenvalue weighted by molar-refractivity contribution is -0.131. The van der Waals surface area contributed by atoms with Crippen LogP contribution in [-0.4, -0.2) is 46.9 Å². The van der Waals surface area contributed by atoms with Crippen molar-refractivity contribution < 1.29 is 18.8 Å². The molecule has 0 radical (unpaired) electrons. The molecule has 8 nitrogen and oxygen atoms in total. The molecule has 31 heavy (non-hydrogen) atoms. The van der Waals surface area contributed by atoms with E-state index in [1.807, 2.05) is 24.3 Å². The Kier molecular flexibility index (Phi) is 4.50. The number of carbonyl (C=O) groups excluding carboxylic acids is 3.